The van der Waals surface area contributed by atoms with Crippen molar-refractivity contribution in [1.82, 2.24) is 5.32 Å². The molecule has 3 atom stereocenters. The Morgan fingerprint density at radius 2 is 0.821 bits per heavy atom. The van der Waals surface area contributed by atoms with Crippen LogP contribution >= 0.6 is 0 Å². The number of rotatable bonds is 47. The number of aliphatic hydroxyl groups is 2. The van der Waals surface area contributed by atoms with Crippen molar-refractivity contribution in [1.29, 1.82) is 0 Å². The number of carbonyl (C=O) groups is 2. The molecule has 6 heteroatoms. The predicted octanol–water partition coefficient (Wildman–Crippen LogP) is 16.8. The first-order chi connectivity index (χ1) is 33.0. The van der Waals surface area contributed by atoms with Crippen LogP contribution in [0, 0.1) is 0 Å². The van der Waals surface area contributed by atoms with Crippen LogP contribution in [0.25, 0.3) is 0 Å². The second kappa shape index (κ2) is 53.2. The van der Waals surface area contributed by atoms with Crippen molar-refractivity contribution in [2.75, 3.05) is 6.61 Å². The van der Waals surface area contributed by atoms with E-state index in [9.17, 15) is 19.8 Å². The Labute approximate surface area is 412 Å². The van der Waals surface area contributed by atoms with Crippen molar-refractivity contribution in [3.05, 3.63) is 122 Å². The van der Waals surface area contributed by atoms with Crippen molar-refractivity contribution < 1.29 is 24.5 Å². The fourth-order valence-electron chi connectivity index (χ4n) is 7.66. The molecule has 0 aliphatic rings. The summed E-state index contributed by atoms with van der Waals surface area (Å²) in [6.45, 7) is 6.27. The van der Waals surface area contributed by atoms with E-state index in [1.807, 2.05) is 60.8 Å². The number of unbranched alkanes of at least 4 members (excludes halogenated alkanes) is 23. The van der Waals surface area contributed by atoms with E-state index >= 15 is 0 Å². The zero-order valence-electron chi connectivity index (χ0n) is 43.2. The molecule has 3 N–H and O–H groups in total. The molecule has 0 aromatic heterocycles. The van der Waals surface area contributed by atoms with Gasteiger partial charge in [0.25, 0.3) is 0 Å². The van der Waals surface area contributed by atoms with Crippen LogP contribution in [0.4, 0.5) is 0 Å². The highest BCUT2D eigenvalue weighted by Crippen LogP contribution is 2.17. The van der Waals surface area contributed by atoms with Crippen LogP contribution in [-0.4, -0.2) is 46.9 Å². The molecule has 3 unspecified atom stereocenters. The smallest absolute Gasteiger partial charge is 0.306 e. The number of esters is 1. The van der Waals surface area contributed by atoms with Gasteiger partial charge in [-0.05, 0) is 64.2 Å². The molecule has 0 aliphatic carbocycles. The van der Waals surface area contributed by atoms with Crippen LogP contribution in [0.2, 0.25) is 0 Å². The van der Waals surface area contributed by atoms with Crippen molar-refractivity contribution in [3.63, 3.8) is 0 Å². The second-order valence-electron chi connectivity index (χ2n) is 18.1. The molecule has 380 valence electrons. The van der Waals surface area contributed by atoms with Gasteiger partial charge in [0.15, 0.2) is 0 Å². The maximum atomic E-state index is 13.2. The lowest BCUT2D eigenvalue weighted by Gasteiger charge is -2.24. The van der Waals surface area contributed by atoms with Crippen molar-refractivity contribution in [3.8, 4) is 0 Å². The van der Waals surface area contributed by atoms with Gasteiger partial charge in [-0.15, -0.1) is 0 Å². The summed E-state index contributed by atoms with van der Waals surface area (Å²) in [5, 5.41) is 23.8. The Kier molecular flexibility index (Phi) is 50.2. The minimum atomic E-state index is -0.821. The van der Waals surface area contributed by atoms with Crippen LogP contribution in [0.5, 0.6) is 0 Å². The van der Waals surface area contributed by atoms with E-state index in [0.717, 1.165) is 83.5 Å². The van der Waals surface area contributed by atoms with Crippen molar-refractivity contribution >= 4 is 11.9 Å². The van der Waals surface area contributed by atoms with Crippen LogP contribution in [0.1, 0.15) is 226 Å². The van der Waals surface area contributed by atoms with Crippen LogP contribution in [0.3, 0.4) is 0 Å². The highest BCUT2D eigenvalue weighted by atomic mass is 16.5. The number of aliphatic hydroxyl groups excluding tert-OH is 2. The SMILES string of the molecule is CC\C=C/C=C/C=C/C=C\C=C\C=C\CCCC(CC(=O)NC(CO)C(O)CCCCCCCCCCCCCCCCC)OC(=O)CCCCCCC/C=C/C=C/C=C/C=C/CCCCC. The Hall–Kier alpha value is -3.74. The Morgan fingerprint density at radius 1 is 0.448 bits per heavy atom. The summed E-state index contributed by atoms with van der Waals surface area (Å²) in [5.74, 6) is -0.585. The number of nitrogens with one attached hydrogen (secondary N) is 1. The van der Waals surface area contributed by atoms with E-state index in [2.05, 4.69) is 86.8 Å². The van der Waals surface area contributed by atoms with Gasteiger partial charge in [-0.2, -0.15) is 0 Å². The lowest BCUT2D eigenvalue weighted by atomic mass is 10.0. The topological polar surface area (TPSA) is 95.9 Å². The molecule has 0 spiro atoms. The molecule has 0 saturated carbocycles. The highest BCUT2D eigenvalue weighted by molar-refractivity contribution is 5.77. The third kappa shape index (κ3) is 48.5. The Morgan fingerprint density at radius 3 is 1.28 bits per heavy atom. The monoisotopic (exact) mass is 928 g/mol. The maximum Gasteiger partial charge on any atom is 0.306 e. The summed E-state index contributed by atoms with van der Waals surface area (Å²) in [7, 11) is 0. The lowest BCUT2D eigenvalue weighted by Crippen LogP contribution is -2.46. The molecule has 0 rings (SSSR count). The fourth-order valence-corrected chi connectivity index (χ4v) is 7.66. The quantitative estimate of drug-likeness (QED) is 0.0321. The Balaban J connectivity index is 4.76. The molecule has 0 saturated heterocycles. The van der Waals surface area contributed by atoms with E-state index in [4.69, 9.17) is 4.74 Å². The molecule has 0 bridgehead atoms. The first-order valence-corrected chi connectivity index (χ1v) is 27.4. The molecule has 0 aromatic carbocycles. The average Bonchev–Trinajstić information content (AvgIpc) is 3.32. The highest BCUT2D eigenvalue weighted by Gasteiger charge is 2.24. The molecule has 0 heterocycles. The van der Waals surface area contributed by atoms with Crippen LogP contribution in [0.15, 0.2) is 122 Å². The summed E-state index contributed by atoms with van der Waals surface area (Å²) >= 11 is 0. The fraction of sp³-hybridized carbons (Fsp3) is 0.639. The summed E-state index contributed by atoms with van der Waals surface area (Å²) in [4.78, 5) is 26.2. The summed E-state index contributed by atoms with van der Waals surface area (Å²) in [6, 6.07) is -0.740. The van der Waals surface area contributed by atoms with E-state index < -0.39 is 18.2 Å². The van der Waals surface area contributed by atoms with Gasteiger partial charge in [0.2, 0.25) is 5.91 Å². The minimum Gasteiger partial charge on any atom is -0.462 e. The zero-order chi connectivity index (χ0) is 48.8. The first-order valence-electron chi connectivity index (χ1n) is 27.4. The zero-order valence-corrected chi connectivity index (χ0v) is 43.2. The summed E-state index contributed by atoms with van der Waals surface area (Å²) < 4.78 is 5.90. The molecule has 0 aromatic rings. The van der Waals surface area contributed by atoms with Crippen molar-refractivity contribution in [2.24, 2.45) is 0 Å². The number of ether oxygens (including phenoxy) is 1. The number of hydrogen-bond donors (Lipinski definition) is 3. The lowest BCUT2D eigenvalue weighted by molar-refractivity contribution is -0.151. The summed E-state index contributed by atoms with van der Waals surface area (Å²) in [6.07, 6.45) is 74.0. The number of allylic oxidation sites excluding steroid dienone is 20. The van der Waals surface area contributed by atoms with Gasteiger partial charge in [0.1, 0.15) is 6.10 Å². The van der Waals surface area contributed by atoms with E-state index in [-0.39, 0.29) is 24.9 Å². The Bertz CT molecular complexity index is 1410. The van der Waals surface area contributed by atoms with Gasteiger partial charge in [-0.25, -0.2) is 0 Å². The number of amides is 1. The molecule has 0 radical (unpaired) electrons. The normalized spacial score (nSPS) is 14.2. The number of carbonyl (C=O) groups excluding carboxylic acids is 2. The largest absolute Gasteiger partial charge is 0.462 e. The van der Waals surface area contributed by atoms with Gasteiger partial charge < -0.3 is 20.3 Å². The van der Waals surface area contributed by atoms with Crippen LogP contribution in [-0.2, 0) is 14.3 Å². The minimum absolute atomic E-state index is 0.00902. The number of hydrogen-bond acceptors (Lipinski definition) is 5. The molecular formula is C61H101NO5. The molecular weight excluding hydrogens is 827 g/mol. The predicted molar refractivity (Wildman–Crippen MR) is 291 cm³/mol. The molecule has 0 fully saturated rings. The average molecular weight is 928 g/mol. The van der Waals surface area contributed by atoms with Crippen molar-refractivity contribution in [2.45, 2.75) is 244 Å². The van der Waals surface area contributed by atoms with Gasteiger partial charge in [-0.3, -0.25) is 9.59 Å². The van der Waals surface area contributed by atoms with Gasteiger partial charge in [0.05, 0.1) is 25.2 Å². The van der Waals surface area contributed by atoms with Crippen LogP contribution < -0.4 is 5.32 Å². The maximum absolute atomic E-state index is 13.2. The first kappa shape index (κ1) is 63.3. The molecule has 0 aliphatic heterocycles. The van der Waals surface area contributed by atoms with Gasteiger partial charge in [-0.1, -0.05) is 271 Å². The standard InChI is InChI=1S/C61H101NO5/c1-4-7-10-13-16-19-22-25-28-29-30-33-36-39-42-45-48-51-54-61(66)67-57(52-49-46-43-40-37-34-31-26-23-20-17-14-11-8-5-2)55-60(65)62-58(56-63)59(64)53-50-47-44-41-38-35-32-27-24-21-18-15-12-9-6-3/h8,11,14,16-17,19-20,22-23,25-26,28-31,33-34,37,40,43,57-59,63-64H,4-7,9-10,12-13,15,18,21,24,27,32,35-36,38-39,41-42,44-56H2,1-3H3,(H,62,65)/b11-8-,17-14+,19-16+,23-20+,25-22+,29-28+,31-26-,33-30+,37-34+,43-40+. The van der Waals surface area contributed by atoms with E-state index in [1.165, 1.54) is 96.3 Å². The van der Waals surface area contributed by atoms with E-state index in [0.29, 0.717) is 19.3 Å². The molecule has 1 amide bonds. The third-order valence-corrected chi connectivity index (χ3v) is 11.8. The third-order valence-electron chi connectivity index (χ3n) is 11.8. The van der Waals surface area contributed by atoms with E-state index in [1.54, 1.807) is 0 Å². The van der Waals surface area contributed by atoms with Gasteiger partial charge in [0, 0.05) is 6.42 Å². The second-order valence-corrected chi connectivity index (χ2v) is 18.1. The molecule has 67 heavy (non-hydrogen) atoms. The van der Waals surface area contributed by atoms with Gasteiger partial charge >= 0.3 is 5.97 Å². The molecule has 6 nitrogen and oxygen atoms in total. The summed E-state index contributed by atoms with van der Waals surface area (Å²) in [5.41, 5.74) is 0.